The zero-order chi connectivity index (χ0) is 23.0. The smallest absolute Gasteiger partial charge is 0.264 e. The molecule has 3 N–H and O–H groups in total. The van der Waals surface area contributed by atoms with E-state index < -0.39 is 15.9 Å². The average Bonchev–Trinajstić information content (AvgIpc) is 3.09. The first-order valence-corrected chi connectivity index (χ1v) is 11.9. The number of carbonyl (C=O) groups is 2. The molecule has 0 radical (unpaired) electrons. The molecular weight excluding hydrogens is 446 g/mol. The molecule has 2 heterocycles. The molecule has 0 saturated heterocycles. The zero-order valence-corrected chi connectivity index (χ0v) is 18.9. The Labute approximate surface area is 189 Å². The molecule has 0 aliphatic heterocycles. The summed E-state index contributed by atoms with van der Waals surface area (Å²) in [4.78, 5) is 29.7. The van der Waals surface area contributed by atoms with Gasteiger partial charge in [0.2, 0.25) is 11.7 Å². The fraction of sp³-hybridized carbons (Fsp3) is 0.0870. The first kappa shape index (κ1) is 21.7. The Morgan fingerprint density at radius 3 is 2.25 bits per heavy atom. The summed E-state index contributed by atoms with van der Waals surface area (Å²) >= 11 is 1.20. The number of aryl methyl sites for hydroxylation is 1. The molecule has 1 amide bonds. The van der Waals surface area contributed by atoms with Gasteiger partial charge in [0.25, 0.3) is 10.0 Å². The van der Waals surface area contributed by atoms with E-state index in [-0.39, 0.29) is 16.2 Å². The number of rotatable bonds is 5. The van der Waals surface area contributed by atoms with Crippen molar-refractivity contribution in [2.24, 2.45) is 0 Å². The number of amides is 1. The predicted octanol–water partition coefficient (Wildman–Crippen LogP) is 3.91. The SMILES string of the molecule is CC(=O)NS(=O)(=O)c1ccc(C(=O)c2sc3nc(-c4ccc(C)cc4)ccc3c2N)cc1. The van der Waals surface area contributed by atoms with Crippen LogP contribution in [-0.2, 0) is 14.8 Å². The fourth-order valence-corrected chi connectivity index (χ4v) is 5.26. The van der Waals surface area contributed by atoms with Crippen LogP contribution in [0.4, 0.5) is 5.69 Å². The number of anilines is 1. The molecule has 0 aliphatic rings. The lowest BCUT2D eigenvalue weighted by molar-refractivity contribution is -0.117. The second kappa shape index (κ2) is 8.18. The number of nitrogen functional groups attached to an aromatic ring is 1. The van der Waals surface area contributed by atoms with Crippen LogP contribution in [0.1, 0.15) is 27.7 Å². The van der Waals surface area contributed by atoms with Gasteiger partial charge in [-0.1, -0.05) is 29.8 Å². The van der Waals surface area contributed by atoms with Gasteiger partial charge in [0.15, 0.2) is 0 Å². The van der Waals surface area contributed by atoms with E-state index in [4.69, 9.17) is 5.73 Å². The van der Waals surface area contributed by atoms with Gasteiger partial charge in [0, 0.05) is 23.4 Å². The summed E-state index contributed by atoms with van der Waals surface area (Å²) in [6.07, 6.45) is 0. The van der Waals surface area contributed by atoms with Gasteiger partial charge >= 0.3 is 0 Å². The van der Waals surface area contributed by atoms with Crippen LogP contribution in [0, 0.1) is 6.92 Å². The molecule has 0 unspecified atom stereocenters. The van der Waals surface area contributed by atoms with Crippen molar-refractivity contribution in [3.8, 4) is 11.3 Å². The molecular formula is C23H19N3O4S2. The molecule has 0 bridgehead atoms. The van der Waals surface area contributed by atoms with E-state index in [1.165, 1.54) is 35.6 Å². The first-order valence-electron chi connectivity index (χ1n) is 9.60. The van der Waals surface area contributed by atoms with Gasteiger partial charge in [-0.15, -0.1) is 11.3 Å². The maximum atomic E-state index is 13.1. The maximum absolute atomic E-state index is 13.1. The van der Waals surface area contributed by atoms with Crippen molar-refractivity contribution in [2.45, 2.75) is 18.7 Å². The highest BCUT2D eigenvalue weighted by atomic mass is 32.2. The average molecular weight is 466 g/mol. The van der Waals surface area contributed by atoms with Gasteiger partial charge in [-0.3, -0.25) is 9.59 Å². The monoisotopic (exact) mass is 465 g/mol. The minimum Gasteiger partial charge on any atom is -0.397 e. The maximum Gasteiger partial charge on any atom is 0.264 e. The molecule has 4 aromatic rings. The Hall–Kier alpha value is -3.56. The molecule has 0 aliphatic carbocycles. The van der Waals surface area contributed by atoms with E-state index in [0.717, 1.165) is 23.7 Å². The van der Waals surface area contributed by atoms with E-state index in [2.05, 4.69) is 4.98 Å². The number of benzene rings is 2. The van der Waals surface area contributed by atoms with Gasteiger partial charge in [-0.05, 0) is 43.3 Å². The topological polar surface area (TPSA) is 119 Å². The summed E-state index contributed by atoms with van der Waals surface area (Å²) in [6, 6.07) is 17.1. The summed E-state index contributed by atoms with van der Waals surface area (Å²) in [5, 5.41) is 0.694. The lowest BCUT2D eigenvalue weighted by Crippen LogP contribution is -2.28. The van der Waals surface area contributed by atoms with E-state index >= 15 is 0 Å². The van der Waals surface area contributed by atoms with Gasteiger partial charge in [0.05, 0.1) is 16.3 Å². The van der Waals surface area contributed by atoms with Crippen molar-refractivity contribution < 1.29 is 18.0 Å². The second-order valence-corrected chi connectivity index (χ2v) is 9.96. The minimum absolute atomic E-state index is 0.113. The zero-order valence-electron chi connectivity index (χ0n) is 17.2. The lowest BCUT2D eigenvalue weighted by atomic mass is 10.1. The molecule has 4 rings (SSSR count). The number of hydrogen-bond donors (Lipinski definition) is 2. The first-order chi connectivity index (χ1) is 15.2. The number of carbonyl (C=O) groups excluding carboxylic acids is 2. The molecule has 7 nitrogen and oxygen atoms in total. The predicted molar refractivity (Wildman–Crippen MR) is 125 cm³/mol. The number of sulfonamides is 1. The molecule has 0 atom stereocenters. The number of nitrogens with zero attached hydrogens (tertiary/aromatic N) is 1. The number of fused-ring (bicyclic) bond motifs is 1. The summed E-state index contributed by atoms with van der Waals surface area (Å²) in [7, 11) is -3.97. The van der Waals surface area contributed by atoms with Gasteiger partial charge in [-0.2, -0.15) is 0 Å². The van der Waals surface area contributed by atoms with Crippen LogP contribution in [0.3, 0.4) is 0 Å². The van der Waals surface area contributed by atoms with Crippen molar-refractivity contribution in [1.29, 1.82) is 0 Å². The van der Waals surface area contributed by atoms with Crippen molar-refractivity contribution in [2.75, 3.05) is 5.73 Å². The van der Waals surface area contributed by atoms with Crippen molar-refractivity contribution in [3.05, 3.63) is 76.7 Å². The van der Waals surface area contributed by atoms with Crippen molar-refractivity contribution >= 4 is 49.0 Å². The fourth-order valence-electron chi connectivity index (χ4n) is 3.22. The Kier molecular flexibility index (Phi) is 5.53. The molecule has 2 aromatic carbocycles. The summed E-state index contributed by atoms with van der Waals surface area (Å²) in [6.45, 7) is 3.12. The van der Waals surface area contributed by atoms with E-state index in [1.807, 2.05) is 48.0 Å². The van der Waals surface area contributed by atoms with Crippen LogP contribution >= 0.6 is 11.3 Å². The van der Waals surface area contributed by atoms with Crippen LogP contribution in [-0.4, -0.2) is 25.1 Å². The summed E-state index contributed by atoms with van der Waals surface area (Å²) in [5.74, 6) is -1.02. The van der Waals surface area contributed by atoms with E-state index in [0.29, 0.717) is 20.8 Å². The number of aromatic nitrogens is 1. The Bertz CT molecular complexity index is 1460. The van der Waals surface area contributed by atoms with E-state index in [1.54, 1.807) is 0 Å². The lowest BCUT2D eigenvalue weighted by Gasteiger charge is -2.05. The van der Waals surface area contributed by atoms with Crippen LogP contribution in [0.2, 0.25) is 0 Å². The number of pyridine rings is 1. The third-order valence-corrected chi connectivity index (χ3v) is 7.42. The number of hydrogen-bond acceptors (Lipinski definition) is 7. The molecule has 32 heavy (non-hydrogen) atoms. The Morgan fingerprint density at radius 2 is 1.62 bits per heavy atom. The number of thiophene rings is 1. The number of nitrogens with two attached hydrogens (primary N) is 1. The van der Waals surface area contributed by atoms with Gasteiger partial charge < -0.3 is 5.73 Å². The second-order valence-electron chi connectivity index (χ2n) is 7.28. The van der Waals surface area contributed by atoms with Crippen molar-refractivity contribution in [3.63, 3.8) is 0 Å². The number of nitrogens with one attached hydrogen (secondary N) is 1. The normalized spacial score (nSPS) is 11.4. The van der Waals surface area contributed by atoms with Crippen LogP contribution in [0.15, 0.2) is 65.6 Å². The van der Waals surface area contributed by atoms with E-state index in [9.17, 15) is 18.0 Å². The third kappa shape index (κ3) is 4.12. The van der Waals surface area contributed by atoms with Crippen LogP contribution in [0.5, 0.6) is 0 Å². The number of ketones is 1. The quantitative estimate of drug-likeness (QED) is 0.431. The molecule has 0 fully saturated rings. The summed E-state index contributed by atoms with van der Waals surface area (Å²) in [5.41, 5.74) is 9.77. The Balaban J connectivity index is 1.67. The van der Waals surface area contributed by atoms with Crippen LogP contribution < -0.4 is 10.5 Å². The van der Waals surface area contributed by atoms with Gasteiger partial charge in [0.1, 0.15) is 9.71 Å². The van der Waals surface area contributed by atoms with Gasteiger partial charge in [-0.25, -0.2) is 18.1 Å². The largest absolute Gasteiger partial charge is 0.397 e. The Morgan fingerprint density at radius 1 is 0.969 bits per heavy atom. The molecule has 0 saturated carbocycles. The molecule has 2 aromatic heterocycles. The summed E-state index contributed by atoms with van der Waals surface area (Å²) < 4.78 is 26.1. The highest BCUT2D eigenvalue weighted by Crippen LogP contribution is 2.35. The standard InChI is InChI=1S/C23H19N3O4S2/c1-13-3-5-15(6-4-13)19-12-11-18-20(24)22(31-23(18)25-19)21(28)16-7-9-17(10-8-16)32(29,30)26-14(2)27/h3-12H,24H2,1-2H3,(H,26,27). The molecule has 162 valence electrons. The highest BCUT2D eigenvalue weighted by Gasteiger charge is 2.21. The van der Waals surface area contributed by atoms with Crippen LogP contribution in [0.25, 0.3) is 21.5 Å². The molecule has 0 spiro atoms. The van der Waals surface area contributed by atoms with Crippen molar-refractivity contribution in [1.82, 2.24) is 9.71 Å². The highest BCUT2D eigenvalue weighted by molar-refractivity contribution is 7.90. The third-order valence-electron chi connectivity index (χ3n) is 4.85. The minimum atomic E-state index is -3.97. The molecule has 9 heteroatoms.